The van der Waals surface area contributed by atoms with E-state index in [1.54, 1.807) is 19.2 Å². The molecule has 1 aliphatic rings. The fraction of sp³-hybridized carbons (Fsp3) is 0.267. The number of anilines is 1. The molecule has 36 heavy (non-hydrogen) atoms. The molecule has 3 aromatic carbocycles. The maximum Gasteiger partial charge on any atom is 0.255 e. The van der Waals surface area contributed by atoms with Crippen molar-refractivity contribution in [3.8, 4) is 11.5 Å². The molecule has 1 fully saturated rings. The number of carbonyl (C=O) groups is 1. The number of nitrogens with one attached hydrogen (secondary N) is 1. The third kappa shape index (κ3) is 5.50. The summed E-state index contributed by atoms with van der Waals surface area (Å²) in [6, 6.07) is 21.1. The van der Waals surface area contributed by atoms with E-state index >= 15 is 0 Å². The van der Waals surface area contributed by atoms with Gasteiger partial charge < -0.3 is 14.8 Å². The Morgan fingerprint density at radius 1 is 0.944 bits per heavy atom. The summed E-state index contributed by atoms with van der Waals surface area (Å²) in [7, 11) is 1.65. The number of ether oxygens (including phenoxy) is 2. The van der Waals surface area contributed by atoms with Crippen LogP contribution < -0.4 is 14.8 Å². The fourth-order valence-corrected chi connectivity index (χ4v) is 4.60. The van der Waals surface area contributed by atoms with E-state index in [1.807, 2.05) is 61.7 Å². The Balaban J connectivity index is 1.22. The number of amides is 1. The lowest BCUT2D eigenvalue weighted by molar-refractivity contribution is 0.102. The van der Waals surface area contributed by atoms with E-state index in [1.165, 1.54) is 18.4 Å². The van der Waals surface area contributed by atoms with Crippen LogP contribution in [-0.4, -0.2) is 36.0 Å². The molecule has 1 aliphatic heterocycles. The van der Waals surface area contributed by atoms with Crippen molar-refractivity contribution in [3.05, 3.63) is 95.2 Å². The molecule has 0 radical (unpaired) electrons. The number of rotatable bonds is 8. The van der Waals surface area contributed by atoms with Gasteiger partial charge in [0.05, 0.1) is 12.6 Å². The predicted octanol–water partition coefficient (Wildman–Crippen LogP) is 5.98. The largest absolute Gasteiger partial charge is 0.497 e. The van der Waals surface area contributed by atoms with Crippen molar-refractivity contribution in [1.29, 1.82) is 0 Å². The van der Waals surface area contributed by atoms with Gasteiger partial charge in [-0.15, -0.1) is 0 Å². The SMILES string of the molecule is COc1ccc(COc2ccc(C(=O)Nc3ccc4cc(CN5CCCC5)cnc4c3C)cc2)cc1. The lowest BCUT2D eigenvalue weighted by Gasteiger charge is -2.15. The van der Waals surface area contributed by atoms with Crippen LogP contribution in [0.15, 0.2) is 72.9 Å². The highest BCUT2D eigenvalue weighted by molar-refractivity contribution is 6.06. The number of hydrogen-bond acceptors (Lipinski definition) is 5. The summed E-state index contributed by atoms with van der Waals surface area (Å²) in [6.45, 7) is 5.72. The zero-order valence-electron chi connectivity index (χ0n) is 20.8. The summed E-state index contributed by atoms with van der Waals surface area (Å²) >= 11 is 0. The number of benzene rings is 3. The highest BCUT2D eigenvalue weighted by atomic mass is 16.5. The predicted molar refractivity (Wildman–Crippen MR) is 143 cm³/mol. The molecule has 2 heterocycles. The van der Waals surface area contributed by atoms with Gasteiger partial charge in [0, 0.05) is 29.4 Å². The van der Waals surface area contributed by atoms with Crippen LogP contribution in [0.1, 0.15) is 39.9 Å². The lowest BCUT2D eigenvalue weighted by atomic mass is 10.1. The summed E-state index contributed by atoms with van der Waals surface area (Å²) in [5, 5.41) is 4.14. The molecule has 0 bridgehead atoms. The maximum absolute atomic E-state index is 12.9. The number of aromatic nitrogens is 1. The first kappa shape index (κ1) is 23.8. The molecule has 0 atom stereocenters. The van der Waals surface area contributed by atoms with Crippen LogP contribution in [0.3, 0.4) is 0 Å². The lowest BCUT2D eigenvalue weighted by Crippen LogP contribution is -2.18. The number of likely N-dealkylation sites (tertiary alicyclic amines) is 1. The minimum absolute atomic E-state index is 0.162. The van der Waals surface area contributed by atoms with Gasteiger partial charge in [0.15, 0.2) is 0 Å². The average Bonchev–Trinajstić information content (AvgIpc) is 3.43. The van der Waals surface area contributed by atoms with Crippen LogP contribution in [-0.2, 0) is 13.2 Å². The minimum atomic E-state index is -0.162. The molecule has 0 aliphatic carbocycles. The van der Waals surface area contributed by atoms with Gasteiger partial charge in [0.25, 0.3) is 5.91 Å². The molecule has 4 aromatic rings. The van der Waals surface area contributed by atoms with Gasteiger partial charge in [0.1, 0.15) is 18.1 Å². The number of nitrogens with zero attached hydrogens (tertiary/aromatic N) is 2. The second-order valence-electron chi connectivity index (χ2n) is 9.25. The highest BCUT2D eigenvalue weighted by Gasteiger charge is 2.14. The van der Waals surface area contributed by atoms with Gasteiger partial charge >= 0.3 is 0 Å². The maximum atomic E-state index is 12.9. The topological polar surface area (TPSA) is 63.7 Å². The van der Waals surface area contributed by atoms with E-state index in [0.717, 1.165) is 53.1 Å². The summed E-state index contributed by atoms with van der Waals surface area (Å²) in [5.41, 5.74) is 5.50. The van der Waals surface area contributed by atoms with Crippen LogP contribution in [0.25, 0.3) is 10.9 Å². The quantitative estimate of drug-likeness (QED) is 0.335. The van der Waals surface area contributed by atoms with Crippen LogP contribution in [0.4, 0.5) is 5.69 Å². The second kappa shape index (κ2) is 10.8. The smallest absolute Gasteiger partial charge is 0.255 e. The number of fused-ring (bicyclic) bond motifs is 1. The van der Waals surface area contributed by atoms with Crippen molar-refractivity contribution >= 4 is 22.5 Å². The van der Waals surface area contributed by atoms with Crippen molar-refractivity contribution in [2.24, 2.45) is 0 Å². The molecule has 0 saturated carbocycles. The molecule has 1 aromatic heterocycles. The Kier molecular flexibility index (Phi) is 7.14. The molecule has 1 N–H and O–H groups in total. The van der Waals surface area contributed by atoms with Crippen LogP contribution >= 0.6 is 0 Å². The third-order valence-electron chi connectivity index (χ3n) is 6.70. The van der Waals surface area contributed by atoms with Gasteiger partial charge in [-0.1, -0.05) is 18.2 Å². The van der Waals surface area contributed by atoms with Crippen molar-refractivity contribution in [1.82, 2.24) is 9.88 Å². The van der Waals surface area contributed by atoms with Gasteiger partial charge in [-0.3, -0.25) is 14.7 Å². The van der Waals surface area contributed by atoms with E-state index < -0.39 is 0 Å². The summed E-state index contributed by atoms with van der Waals surface area (Å²) in [4.78, 5) is 20.1. The van der Waals surface area contributed by atoms with E-state index in [4.69, 9.17) is 14.5 Å². The summed E-state index contributed by atoms with van der Waals surface area (Å²) in [6.07, 6.45) is 4.52. The van der Waals surface area contributed by atoms with Gasteiger partial charge in [-0.05, 0) is 98.1 Å². The molecule has 1 amide bonds. The Morgan fingerprint density at radius 2 is 1.67 bits per heavy atom. The summed E-state index contributed by atoms with van der Waals surface area (Å²) < 4.78 is 11.0. The first-order chi connectivity index (χ1) is 17.6. The molecule has 6 nitrogen and oxygen atoms in total. The van der Waals surface area contributed by atoms with Gasteiger partial charge in [-0.2, -0.15) is 0 Å². The van der Waals surface area contributed by atoms with E-state index in [0.29, 0.717) is 17.9 Å². The first-order valence-corrected chi connectivity index (χ1v) is 12.4. The molecular weight excluding hydrogens is 450 g/mol. The van der Waals surface area contributed by atoms with Gasteiger partial charge in [-0.25, -0.2) is 0 Å². The Hall–Kier alpha value is -3.90. The number of methoxy groups -OCH3 is 1. The van der Waals surface area contributed by atoms with Crippen molar-refractivity contribution < 1.29 is 14.3 Å². The van der Waals surface area contributed by atoms with Crippen molar-refractivity contribution in [2.75, 3.05) is 25.5 Å². The molecular formula is C30H31N3O3. The van der Waals surface area contributed by atoms with E-state index in [9.17, 15) is 4.79 Å². The molecule has 0 unspecified atom stereocenters. The number of carbonyl (C=O) groups excluding carboxylic acids is 1. The average molecular weight is 482 g/mol. The Bertz CT molecular complexity index is 1340. The molecule has 6 heteroatoms. The van der Waals surface area contributed by atoms with Crippen LogP contribution in [0.2, 0.25) is 0 Å². The second-order valence-corrected chi connectivity index (χ2v) is 9.25. The Labute approximate surface area is 211 Å². The van der Waals surface area contributed by atoms with Crippen molar-refractivity contribution in [2.45, 2.75) is 32.9 Å². The molecule has 0 spiro atoms. The van der Waals surface area contributed by atoms with Crippen LogP contribution in [0.5, 0.6) is 11.5 Å². The van der Waals surface area contributed by atoms with Crippen molar-refractivity contribution in [3.63, 3.8) is 0 Å². The number of pyridine rings is 1. The minimum Gasteiger partial charge on any atom is -0.497 e. The van der Waals surface area contributed by atoms with E-state index in [2.05, 4.69) is 16.3 Å². The molecule has 1 saturated heterocycles. The first-order valence-electron chi connectivity index (χ1n) is 12.4. The fourth-order valence-electron chi connectivity index (χ4n) is 4.60. The van der Waals surface area contributed by atoms with E-state index in [-0.39, 0.29) is 5.91 Å². The third-order valence-corrected chi connectivity index (χ3v) is 6.70. The monoisotopic (exact) mass is 481 g/mol. The zero-order valence-corrected chi connectivity index (χ0v) is 20.8. The highest BCUT2D eigenvalue weighted by Crippen LogP contribution is 2.26. The number of hydrogen-bond donors (Lipinski definition) is 1. The molecule has 5 rings (SSSR count). The summed E-state index contributed by atoms with van der Waals surface area (Å²) in [5.74, 6) is 1.36. The zero-order chi connectivity index (χ0) is 24.9. The Morgan fingerprint density at radius 3 is 2.39 bits per heavy atom. The number of aryl methyl sites for hydroxylation is 1. The van der Waals surface area contributed by atoms with Gasteiger partial charge in [0.2, 0.25) is 0 Å². The normalized spacial score (nSPS) is 13.6. The molecule has 184 valence electrons. The van der Waals surface area contributed by atoms with Crippen LogP contribution in [0, 0.1) is 6.92 Å². The standard InChI is InChI=1S/C30H31N3O3/c1-21-28(14-9-25-17-23(18-31-29(21)25)19-33-15-3-4-16-33)32-30(34)24-7-12-27(13-8-24)36-20-22-5-10-26(35-2)11-6-22/h5-14,17-18H,3-4,15-16,19-20H2,1-2H3,(H,32,34).